The molecule has 0 amide bonds. The zero-order valence-electron chi connectivity index (χ0n) is 9.73. The van der Waals surface area contributed by atoms with E-state index in [-0.39, 0.29) is 12.1 Å². The smallest absolute Gasteiger partial charge is 0.130 e. The summed E-state index contributed by atoms with van der Waals surface area (Å²) in [5.74, 6) is 0.912. The predicted molar refractivity (Wildman–Crippen MR) is 67.0 cm³/mol. The highest BCUT2D eigenvalue weighted by molar-refractivity contribution is 5.84. The summed E-state index contributed by atoms with van der Waals surface area (Å²) in [7, 11) is 0. The van der Waals surface area contributed by atoms with E-state index in [9.17, 15) is 0 Å². The first-order valence-corrected chi connectivity index (χ1v) is 6.17. The molecule has 1 saturated carbocycles. The van der Waals surface area contributed by atoms with Gasteiger partial charge in [0, 0.05) is 6.04 Å². The summed E-state index contributed by atoms with van der Waals surface area (Å²) in [6, 6.07) is 6.27. The number of H-pyrrole nitrogens is 1. The molecule has 1 heterocycles. The minimum atomic E-state index is 0.249. The van der Waals surface area contributed by atoms with Crippen molar-refractivity contribution in [2.75, 3.05) is 0 Å². The van der Waals surface area contributed by atoms with Crippen molar-refractivity contribution in [3.63, 3.8) is 0 Å². The van der Waals surface area contributed by atoms with Crippen LogP contribution in [0.4, 0.5) is 0 Å². The summed E-state index contributed by atoms with van der Waals surface area (Å²) >= 11 is 0. The van der Waals surface area contributed by atoms with Crippen molar-refractivity contribution in [3.8, 4) is 5.75 Å². The van der Waals surface area contributed by atoms with Crippen molar-refractivity contribution in [3.05, 3.63) is 24.4 Å². The van der Waals surface area contributed by atoms with E-state index < -0.39 is 0 Å². The molecule has 90 valence electrons. The quantitative estimate of drug-likeness (QED) is 0.833. The van der Waals surface area contributed by atoms with Gasteiger partial charge in [0.05, 0.1) is 17.1 Å². The Morgan fingerprint density at radius 1 is 1.35 bits per heavy atom. The first-order valence-electron chi connectivity index (χ1n) is 6.17. The van der Waals surface area contributed by atoms with E-state index in [1.807, 2.05) is 24.4 Å². The Morgan fingerprint density at radius 3 is 3.18 bits per heavy atom. The van der Waals surface area contributed by atoms with Crippen molar-refractivity contribution in [2.24, 2.45) is 5.73 Å². The second kappa shape index (κ2) is 4.37. The van der Waals surface area contributed by atoms with Crippen LogP contribution in [0.15, 0.2) is 24.4 Å². The van der Waals surface area contributed by atoms with Gasteiger partial charge in [-0.15, -0.1) is 0 Å². The zero-order valence-corrected chi connectivity index (χ0v) is 9.73. The molecule has 3 N–H and O–H groups in total. The Balaban J connectivity index is 1.82. The van der Waals surface area contributed by atoms with Crippen molar-refractivity contribution < 1.29 is 4.74 Å². The van der Waals surface area contributed by atoms with Crippen molar-refractivity contribution >= 4 is 10.9 Å². The lowest BCUT2D eigenvalue weighted by Crippen LogP contribution is -2.33. The Labute approximate surface area is 100 Å². The number of ether oxygens (including phenoxy) is 1. The van der Waals surface area contributed by atoms with Crippen LogP contribution in [-0.4, -0.2) is 22.3 Å². The van der Waals surface area contributed by atoms with Crippen LogP contribution in [0.2, 0.25) is 0 Å². The molecule has 0 bridgehead atoms. The SMILES string of the molecule is N[C@@H]1CCC[C@@H](Oc2cccc3[nH]ncc23)C1. The molecule has 1 aliphatic rings. The van der Waals surface area contributed by atoms with E-state index in [1.54, 1.807) is 0 Å². The Bertz CT molecular complexity index is 508. The second-order valence-electron chi connectivity index (χ2n) is 4.75. The number of benzene rings is 1. The number of aromatic nitrogens is 2. The van der Waals surface area contributed by atoms with Crippen molar-refractivity contribution in [1.29, 1.82) is 0 Å². The average molecular weight is 231 g/mol. The van der Waals surface area contributed by atoms with Crippen LogP contribution in [0.3, 0.4) is 0 Å². The fraction of sp³-hybridized carbons (Fsp3) is 0.462. The van der Waals surface area contributed by atoms with E-state index in [0.29, 0.717) is 0 Å². The fourth-order valence-electron chi connectivity index (χ4n) is 2.51. The average Bonchev–Trinajstić information content (AvgIpc) is 2.78. The monoisotopic (exact) mass is 231 g/mol. The fourth-order valence-corrected chi connectivity index (χ4v) is 2.51. The molecule has 0 spiro atoms. The molecule has 4 nitrogen and oxygen atoms in total. The molecule has 2 atom stereocenters. The van der Waals surface area contributed by atoms with Gasteiger partial charge in [-0.3, -0.25) is 5.10 Å². The molecule has 1 fully saturated rings. The molecular formula is C13H17N3O. The van der Waals surface area contributed by atoms with E-state index >= 15 is 0 Å². The number of hydrogen-bond acceptors (Lipinski definition) is 3. The van der Waals surface area contributed by atoms with Crippen LogP contribution < -0.4 is 10.5 Å². The van der Waals surface area contributed by atoms with E-state index in [4.69, 9.17) is 10.5 Å². The first-order chi connectivity index (χ1) is 8.33. The number of nitrogens with one attached hydrogen (secondary N) is 1. The molecule has 1 aromatic carbocycles. The van der Waals surface area contributed by atoms with Gasteiger partial charge in [-0.25, -0.2) is 0 Å². The van der Waals surface area contributed by atoms with Gasteiger partial charge in [0.25, 0.3) is 0 Å². The highest BCUT2D eigenvalue weighted by Gasteiger charge is 2.21. The summed E-state index contributed by atoms with van der Waals surface area (Å²) < 4.78 is 6.06. The Hall–Kier alpha value is -1.55. The maximum absolute atomic E-state index is 6.06. The lowest BCUT2D eigenvalue weighted by atomic mass is 9.93. The van der Waals surface area contributed by atoms with Crippen molar-refractivity contribution in [2.45, 2.75) is 37.8 Å². The molecule has 1 aromatic heterocycles. The molecule has 2 aromatic rings. The topological polar surface area (TPSA) is 63.9 Å². The molecule has 4 heteroatoms. The molecular weight excluding hydrogens is 214 g/mol. The second-order valence-corrected chi connectivity index (χ2v) is 4.75. The lowest BCUT2D eigenvalue weighted by molar-refractivity contribution is 0.146. The third-order valence-electron chi connectivity index (χ3n) is 3.41. The van der Waals surface area contributed by atoms with E-state index in [2.05, 4.69) is 10.2 Å². The number of aromatic amines is 1. The summed E-state index contributed by atoms with van der Waals surface area (Å²) in [5, 5.41) is 8.04. The zero-order chi connectivity index (χ0) is 11.7. The molecule has 0 aliphatic heterocycles. The Kier molecular flexibility index (Phi) is 2.73. The minimum Gasteiger partial charge on any atom is -0.490 e. The number of nitrogens with zero attached hydrogens (tertiary/aromatic N) is 1. The van der Waals surface area contributed by atoms with Gasteiger partial charge in [0.1, 0.15) is 11.9 Å². The number of fused-ring (bicyclic) bond motifs is 1. The maximum atomic E-state index is 6.06. The summed E-state index contributed by atoms with van der Waals surface area (Å²) in [4.78, 5) is 0. The molecule has 0 radical (unpaired) electrons. The van der Waals surface area contributed by atoms with Crippen molar-refractivity contribution in [1.82, 2.24) is 10.2 Å². The van der Waals surface area contributed by atoms with Gasteiger partial charge in [0.2, 0.25) is 0 Å². The van der Waals surface area contributed by atoms with Crippen LogP contribution in [0.1, 0.15) is 25.7 Å². The van der Waals surface area contributed by atoms with Gasteiger partial charge in [-0.05, 0) is 37.8 Å². The number of nitrogens with two attached hydrogens (primary N) is 1. The first kappa shape index (κ1) is 10.6. The maximum Gasteiger partial charge on any atom is 0.130 e. The number of hydrogen-bond donors (Lipinski definition) is 2. The van der Waals surface area contributed by atoms with Gasteiger partial charge in [-0.2, -0.15) is 5.10 Å². The molecule has 1 aliphatic carbocycles. The van der Waals surface area contributed by atoms with Crippen LogP contribution in [-0.2, 0) is 0 Å². The predicted octanol–water partition coefficient (Wildman–Crippen LogP) is 2.21. The summed E-state index contributed by atoms with van der Waals surface area (Å²) in [6.45, 7) is 0. The molecule has 0 unspecified atom stereocenters. The minimum absolute atomic E-state index is 0.249. The summed E-state index contributed by atoms with van der Waals surface area (Å²) in [5.41, 5.74) is 6.99. The molecule has 3 rings (SSSR count). The normalized spacial score (nSPS) is 25.0. The molecule has 0 saturated heterocycles. The van der Waals surface area contributed by atoms with Crippen LogP contribution >= 0.6 is 0 Å². The van der Waals surface area contributed by atoms with Crippen LogP contribution in [0, 0.1) is 0 Å². The van der Waals surface area contributed by atoms with Gasteiger partial charge in [0.15, 0.2) is 0 Å². The largest absolute Gasteiger partial charge is 0.490 e. The standard InChI is InChI=1S/C13H17N3O/c14-9-3-1-4-10(7-9)17-13-6-2-5-12-11(13)8-15-16-12/h2,5-6,8-10H,1,3-4,7,14H2,(H,15,16)/t9-,10-/m1/s1. The third-order valence-corrected chi connectivity index (χ3v) is 3.41. The van der Waals surface area contributed by atoms with Gasteiger partial charge >= 0.3 is 0 Å². The van der Waals surface area contributed by atoms with E-state index in [1.165, 1.54) is 0 Å². The van der Waals surface area contributed by atoms with Crippen LogP contribution in [0.25, 0.3) is 10.9 Å². The number of rotatable bonds is 2. The highest BCUT2D eigenvalue weighted by Crippen LogP contribution is 2.28. The highest BCUT2D eigenvalue weighted by atomic mass is 16.5. The Morgan fingerprint density at radius 2 is 2.29 bits per heavy atom. The third kappa shape index (κ3) is 2.13. The van der Waals surface area contributed by atoms with Crippen LogP contribution in [0.5, 0.6) is 5.75 Å². The van der Waals surface area contributed by atoms with Gasteiger partial charge in [-0.1, -0.05) is 6.07 Å². The molecule has 17 heavy (non-hydrogen) atoms. The van der Waals surface area contributed by atoms with E-state index in [0.717, 1.165) is 42.3 Å². The van der Waals surface area contributed by atoms with Gasteiger partial charge < -0.3 is 10.5 Å². The summed E-state index contributed by atoms with van der Waals surface area (Å²) in [6.07, 6.45) is 6.39. The lowest BCUT2D eigenvalue weighted by Gasteiger charge is -2.27.